The lowest BCUT2D eigenvalue weighted by molar-refractivity contribution is -0.127. The second-order valence-electron chi connectivity index (χ2n) is 6.39. The van der Waals surface area contributed by atoms with Gasteiger partial charge < -0.3 is 14.8 Å². The topological polar surface area (TPSA) is 84.9 Å². The number of ether oxygens (including phenoxy) is 2. The van der Waals surface area contributed by atoms with Gasteiger partial charge in [-0.25, -0.2) is 4.39 Å². The smallest absolute Gasteiger partial charge is 0.294 e. The highest BCUT2D eigenvalue weighted by molar-refractivity contribution is 8.18. The molecule has 1 N–H and O–H groups in total. The molecule has 0 bridgehead atoms. The Labute approximate surface area is 183 Å². The number of hydrogen-bond acceptors (Lipinski definition) is 6. The minimum Gasteiger partial charge on any atom is -0.494 e. The fourth-order valence-electron chi connectivity index (χ4n) is 2.83. The Morgan fingerprint density at radius 2 is 1.81 bits per heavy atom. The molecule has 9 heteroatoms. The Bertz CT molecular complexity index is 1020. The Hall–Kier alpha value is -3.33. The Balaban J connectivity index is 1.74. The molecule has 2 aromatic rings. The van der Waals surface area contributed by atoms with E-state index in [1.165, 1.54) is 24.3 Å². The summed E-state index contributed by atoms with van der Waals surface area (Å²) >= 11 is 0.750. The molecule has 1 heterocycles. The number of thioether (sulfide) groups is 1. The van der Waals surface area contributed by atoms with Crippen molar-refractivity contribution in [2.24, 2.45) is 0 Å². The van der Waals surface area contributed by atoms with E-state index in [-0.39, 0.29) is 4.91 Å². The van der Waals surface area contributed by atoms with Gasteiger partial charge in [-0.3, -0.25) is 19.3 Å². The maximum absolute atomic E-state index is 13.0. The summed E-state index contributed by atoms with van der Waals surface area (Å²) in [7, 11) is 0. The lowest BCUT2D eigenvalue weighted by Gasteiger charge is -2.12. The van der Waals surface area contributed by atoms with Crippen molar-refractivity contribution >= 4 is 40.6 Å². The maximum atomic E-state index is 13.0. The number of carbonyl (C=O) groups excluding carboxylic acids is 3. The van der Waals surface area contributed by atoms with Crippen LogP contribution in [0.1, 0.15) is 19.4 Å². The fourth-order valence-corrected chi connectivity index (χ4v) is 3.65. The normalized spacial score (nSPS) is 14.8. The van der Waals surface area contributed by atoms with Gasteiger partial charge >= 0.3 is 0 Å². The van der Waals surface area contributed by atoms with Crippen molar-refractivity contribution in [2.45, 2.75) is 13.8 Å². The molecule has 1 aliphatic rings. The molecular weight excluding hydrogens is 423 g/mol. The summed E-state index contributed by atoms with van der Waals surface area (Å²) in [4.78, 5) is 38.3. The van der Waals surface area contributed by atoms with Crippen molar-refractivity contribution in [1.29, 1.82) is 0 Å². The molecule has 0 saturated carbocycles. The number of anilines is 1. The number of nitrogens with one attached hydrogen (secondary N) is 1. The zero-order chi connectivity index (χ0) is 22.4. The van der Waals surface area contributed by atoms with Gasteiger partial charge in [0, 0.05) is 17.3 Å². The fraction of sp³-hybridized carbons (Fsp3) is 0.227. The predicted octanol–water partition coefficient (Wildman–Crippen LogP) is 4.30. The van der Waals surface area contributed by atoms with Crippen LogP contribution in [0.2, 0.25) is 0 Å². The minimum absolute atomic E-state index is 0.185. The first-order chi connectivity index (χ1) is 14.9. The number of imide groups is 1. The first kappa shape index (κ1) is 22.4. The Morgan fingerprint density at radius 3 is 2.48 bits per heavy atom. The third-order valence-corrected chi connectivity index (χ3v) is 5.09. The molecule has 162 valence electrons. The highest BCUT2D eigenvalue weighted by Gasteiger charge is 2.36. The van der Waals surface area contributed by atoms with E-state index >= 15 is 0 Å². The van der Waals surface area contributed by atoms with Crippen LogP contribution >= 0.6 is 11.8 Å². The lowest BCUT2D eigenvalue weighted by Crippen LogP contribution is -2.36. The van der Waals surface area contributed by atoms with Crippen molar-refractivity contribution in [3.05, 3.63) is 58.8 Å². The van der Waals surface area contributed by atoms with Gasteiger partial charge in [0.1, 0.15) is 23.9 Å². The number of halogens is 1. The number of carbonyl (C=O) groups is 3. The quantitative estimate of drug-likeness (QED) is 0.611. The molecule has 0 atom stereocenters. The van der Waals surface area contributed by atoms with Gasteiger partial charge in [0.25, 0.3) is 11.1 Å². The largest absolute Gasteiger partial charge is 0.494 e. The molecule has 0 spiro atoms. The van der Waals surface area contributed by atoms with E-state index in [0.717, 1.165) is 16.7 Å². The van der Waals surface area contributed by atoms with Crippen LogP contribution in [0.15, 0.2) is 47.4 Å². The van der Waals surface area contributed by atoms with Gasteiger partial charge in [-0.05, 0) is 68.1 Å². The van der Waals surface area contributed by atoms with Crippen LogP contribution in [0.3, 0.4) is 0 Å². The van der Waals surface area contributed by atoms with Crippen LogP contribution in [0.5, 0.6) is 11.5 Å². The number of nitrogens with zero attached hydrogens (tertiary/aromatic N) is 1. The lowest BCUT2D eigenvalue weighted by atomic mass is 10.1. The van der Waals surface area contributed by atoms with E-state index in [2.05, 4.69) is 5.32 Å². The molecule has 7 nitrogen and oxygen atoms in total. The zero-order valence-electron chi connectivity index (χ0n) is 17.0. The van der Waals surface area contributed by atoms with E-state index in [9.17, 15) is 18.8 Å². The Kier molecular flexibility index (Phi) is 7.30. The van der Waals surface area contributed by atoms with Crippen molar-refractivity contribution in [1.82, 2.24) is 4.90 Å². The highest BCUT2D eigenvalue weighted by Crippen LogP contribution is 2.35. The zero-order valence-corrected chi connectivity index (χ0v) is 17.8. The SMILES string of the molecule is CCOc1ccc(/C=C2\SC(=O)N(CC(=O)Nc3ccc(F)cc3)C2=O)c(OCC)c1. The number of rotatable bonds is 8. The third kappa shape index (κ3) is 5.64. The van der Waals surface area contributed by atoms with Crippen molar-refractivity contribution < 1.29 is 28.2 Å². The summed E-state index contributed by atoms with van der Waals surface area (Å²) in [5.74, 6) is -0.412. The number of hydrogen-bond donors (Lipinski definition) is 1. The van der Waals surface area contributed by atoms with Crippen molar-refractivity contribution in [3.63, 3.8) is 0 Å². The van der Waals surface area contributed by atoms with Crippen molar-refractivity contribution in [3.8, 4) is 11.5 Å². The highest BCUT2D eigenvalue weighted by atomic mass is 32.2. The molecule has 0 aromatic heterocycles. The van der Waals surface area contributed by atoms with E-state index in [4.69, 9.17) is 9.47 Å². The summed E-state index contributed by atoms with van der Waals surface area (Å²) in [5, 5.41) is 1.98. The maximum Gasteiger partial charge on any atom is 0.294 e. The summed E-state index contributed by atoms with van der Waals surface area (Å²) in [6, 6.07) is 10.4. The molecule has 3 rings (SSSR count). The number of amides is 3. The molecular formula is C22H21FN2O5S. The van der Waals surface area contributed by atoms with Crippen LogP contribution in [0, 0.1) is 5.82 Å². The summed E-state index contributed by atoms with van der Waals surface area (Å²) < 4.78 is 24.1. The van der Waals surface area contributed by atoms with Crippen LogP contribution in [0.4, 0.5) is 14.9 Å². The van der Waals surface area contributed by atoms with E-state index in [1.54, 1.807) is 24.3 Å². The second kappa shape index (κ2) is 10.1. The van der Waals surface area contributed by atoms with E-state index in [1.807, 2.05) is 13.8 Å². The van der Waals surface area contributed by atoms with Crippen molar-refractivity contribution in [2.75, 3.05) is 25.1 Å². The predicted molar refractivity (Wildman–Crippen MR) is 116 cm³/mol. The van der Waals surface area contributed by atoms with Crippen LogP contribution in [0.25, 0.3) is 6.08 Å². The molecule has 31 heavy (non-hydrogen) atoms. The molecule has 1 saturated heterocycles. The molecule has 0 aliphatic carbocycles. The molecule has 3 amide bonds. The van der Waals surface area contributed by atoms with Crippen LogP contribution < -0.4 is 14.8 Å². The minimum atomic E-state index is -0.569. The average Bonchev–Trinajstić information content (AvgIpc) is 2.99. The molecule has 1 aliphatic heterocycles. The van der Waals surface area contributed by atoms with Crippen LogP contribution in [-0.2, 0) is 9.59 Å². The van der Waals surface area contributed by atoms with Gasteiger partial charge in [0.15, 0.2) is 0 Å². The standard InChI is InChI=1S/C22H21FN2O5S/c1-3-29-17-10-5-14(18(12-17)30-4-2)11-19-21(27)25(22(28)31-19)13-20(26)24-16-8-6-15(23)7-9-16/h5-12H,3-4,13H2,1-2H3,(H,24,26)/b19-11-. The van der Waals surface area contributed by atoms with E-state index in [0.29, 0.717) is 36.0 Å². The molecule has 2 aromatic carbocycles. The monoisotopic (exact) mass is 444 g/mol. The van der Waals surface area contributed by atoms with Gasteiger partial charge in [0.05, 0.1) is 18.1 Å². The summed E-state index contributed by atoms with van der Waals surface area (Å²) in [5.41, 5.74) is 0.983. The van der Waals surface area contributed by atoms with Gasteiger partial charge in [-0.1, -0.05) is 0 Å². The molecule has 1 fully saturated rings. The average molecular weight is 444 g/mol. The summed E-state index contributed by atoms with van der Waals surface area (Å²) in [6.45, 7) is 4.19. The van der Waals surface area contributed by atoms with Crippen LogP contribution in [-0.4, -0.2) is 41.7 Å². The van der Waals surface area contributed by atoms with E-state index < -0.39 is 29.4 Å². The molecule has 0 unspecified atom stereocenters. The molecule has 0 radical (unpaired) electrons. The third-order valence-electron chi connectivity index (χ3n) is 4.19. The van der Waals surface area contributed by atoms with Gasteiger partial charge in [0.2, 0.25) is 5.91 Å². The first-order valence-electron chi connectivity index (χ1n) is 9.61. The summed E-state index contributed by atoms with van der Waals surface area (Å²) in [6.07, 6.45) is 1.56. The Morgan fingerprint density at radius 1 is 1.10 bits per heavy atom. The second-order valence-corrected chi connectivity index (χ2v) is 7.38. The van der Waals surface area contributed by atoms with Gasteiger partial charge in [-0.2, -0.15) is 0 Å². The van der Waals surface area contributed by atoms with Gasteiger partial charge in [-0.15, -0.1) is 0 Å². The first-order valence-corrected chi connectivity index (χ1v) is 10.4. The number of benzene rings is 2.